The smallest absolute Gasteiger partial charge is 0.422 e. The van der Waals surface area contributed by atoms with E-state index in [0.717, 1.165) is 5.56 Å². The number of likely N-dealkylation sites (N-methyl/N-ethyl adjacent to an activating group) is 1. The van der Waals surface area contributed by atoms with Gasteiger partial charge in [-0.2, -0.15) is 0 Å². The molecule has 0 aliphatic carbocycles. The molecule has 100 valence electrons. The normalized spacial score (nSPS) is 21.5. The Morgan fingerprint density at radius 2 is 1.84 bits per heavy atom. The minimum atomic E-state index is -0.787. The maximum absolute atomic E-state index is 11.9. The molecule has 0 N–H and O–H groups in total. The monoisotopic (exact) mass is 261 g/mol. The third-order valence-corrected chi connectivity index (χ3v) is 2.87. The molecule has 5 nitrogen and oxygen atoms in total. The van der Waals surface area contributed by atoms with E-state index in [9.17, 15) is 9.59 Å². The Morgan fingerprint density at radius 3 is 2.42 bits per heavy atom. The summed E-state index contributed by atoms with van der Waals surface area (Å²) in [5, 5.41) is 0. The predicted molar refractivity (Wildman–Crippen MR) is 68.4 cm³/mol. The Morgan fingerprint density at radius 1 is 1.21 bits per heavy atom. The van der Waals surface area contributed by atoms with E-state index in [1.165, 1.54) is 4.90 Å². The number of amides is 1. The fourth-order valence-corrected chi connectivity index (χ4v) is 1.91. The Hall–Kier alpha value is -2.30. The van der Waals surface area contributed by atoms with Gasteiger partial charge in [0.1, 0.15) is 0 Å². The van der Waals surface area contributed by atoms with Crippen LogP contribution in [0.15, 0.2) is 42.5 Å². The van der Waals surface area contributed by atoms with Crippen molar-refractivity contribution in [2.45, 2.75) is 12.2 Å². The summed E-state index contributed by atoms with van der Waals surface area (Å²) >= 11 is 0. The lowest BCUT2D eigenvalue weighted by Gasteiger charge is -2.19. The number of cyclic esters (lactones) is 2. The van der Waals surface area contributed by atoms with E-state index in [1.807, 2.05) is 30.3 Å². The average Bonchev–Trinajstić information content (AvgIpc) is 2.80. The summed E-state index contributed by atoms with van der Waals surface area (Å²) in [5.74, 6) is -0.288. The summed E-state index contributed by atoms with van der Waals surface area (Å²) in [6.07, 6.45) is -2.21. The topological polar surface area (TPSA) is 55.8 Å². The molecule has 19 heavy (non-hydrogen) atoms. The Kier molecular flexibility index (Phi) is 3.55. The van der Waals surface area contributed by atoms with Gasteiger partial charge >= 0.3 is 6.16 Å². The minimum absolute atomic E-state index is 0.199. The van der Waals surface area contributed by atoms with Gasteiger partial charge in [-0.15, -0.1) is 0 Å². The number of hydrogen-bond donors (Lipinski definition) is 0. The van der Waals surface area contributed by atoms with Gasteiger partial charge in [0, 0.05) is 14.1 Å². The number of nitrogens with zero attached hydrogens (tertiary/aromatic N) is 1. The number of benzene rings is 1. The van der Waals surface area contributed by atoms with Crippen LogP contribution in [0.25, 0.3) is 0 Å². The number of carbonyl (C=O) groups is 2. The first-order valence-electron chi connectivity index (χ1n) is 5.83. The maximum Gasteiger partial charge on any atom is 0.509 e. The second-order valence-electron chi connectivity index (χ2n) is 4.46. The molecule has 1 saturated heterocycles. The van der Waals surface area contributed by atoms with Crippen molar-refractivity contribution in [1.29, 1.82) is 0 Å². The first-order chi connectivity index (χ1) is 9.00. The van der Waals surface area contributed by atoms with Crippen LogP contribution in [0.3, 0.4) is 0 Å². The van der Waals surface area contributed by atoms with Crippen molar-refractivity contribution in [1.82, 2.24) is 4.90 Å². The van der Waals surface area contributed by atoms with E-state index in [-0.39, 0.29) is 11.5 Å². The lowest BCUT2D eigenvalue weighted by Crippen LogP contribution is -2.31. The molecule has 2 rings (SSSR count). The molecule has 1 aliphatic heterocycles. The molecule has 0 spiro atoms. The van der Waals surface area contributed by atoms with Crippen molar-refractivity contribution in [2.24, 2.45) is 0 Å². The van der Waals surface area contributed by atoms with Crippen molar-refractivity contribution in [3.8, 4) is 0 Å². The molecule has 1 aliphatic rings. The van der Waals surface area contributed by atoms with E-state index in [0.29, 0.717) is 0 Å². The van der Waals surface area contributed by atoms with Gasteiger partial charge < -0.3 is 14.4 Å². The Balaban J connectivity index is 2.26. The van der Waals surface area contributed by atoms with Crippen LogP contribution in [0, 0.1) is 0 Å². The zero-order valence-electron chi connectivity index (χ0n) is 10.8. The van der Waals surface area contributed by atoms with Crippen LogP contribution in [0.4, 0.5) is 4.79 Å². The summed E-state index contributed by atoms with van der Waals surface area (Å²) in [5.41, 5.74) is 0.968. The SMILES string of the molecule is C=C(C(=O)N(C)C)[C@H]1OC(=O)O[C@@H]1c1ccccc1. The third kappa shape index (κ3) is 2.59. The second kappa shape index (κ2) is 5.14. The standard InChI is InChI=1S/C14H15NO4/c1-9(13(16)15(2)3)11-12(19-14(17)18-11)10-7-5-4-6-8-10/h4-8,11-12H,1H2,2-3H3/t11-,12-/m1/s1. The van der Waals surface area contributed by atoms with Crippen molar-refractivity contribution < 1.29 is 19.1 Å². The summed E-state index contributed by atoms with van der Waals surface area (Å²) < 4.78 is 10.2. The van der Waals surface area contributed by atoms with E-state index in [1.54, 1.807) is 14.1 Å². The number of rotatable bonds is 3. The Labute approximate surface area is 111 Å². The van der Waals surface area contributed by atoms with Crippen LogP contribution in [0.1, 0.15) is 11.7 Å². The molecule has 2 atom stereocenters. The molecule has 0 radical (unpaired) electrons. The molecule has 0 bridgehead atoms. The predicted octanol–water partition coefficient (Wildman–Crippen LogP) is 1.91. The summed E-state index contributed by atoms with van der Waals surface area (Å²) in [6.45, 7) is 3.72. The molecule has 0 aromatic heterocycles. The first kappa shape index (κ1) is 13.1. The quantitative estimate of drug-likeness (QED) is 0.616. The van der Waals surface area contributed by atoms with Gasteiger partial charge in [-0.1, -0.05) is 36.9 Å². The van der Waals surface area contributed by atoms with Gasteiger partial charge in [0.05, 0.1) is 5.57 Å². The van der Waals surface area contributed by atoms with Gasteiger partial charge in [0.15, 0.2) is 12.2 Å². The van der Waals surface area contributed by atoms with Gasteiger partial charge in [-0.3, -0.25) is 4.79 Å². The summed E-state index contributed by atoms with van der Waals surface area (Å²) in [7, 11) is 3.23. The highest BCUT2D eigenvalue weighted by atomic mass is 16.8. The average molecular weight is 261 g/mol. The van der Waals surface area contributed by atoms with Crippen LogP contribution in [-0.2, 0) is 14.3 Å². The highest BCUT2D eigenvalue weighted by molar-refractivity contribution is 5.94. The van der Waals surface area contributed by atoms with Crippen molar-refractivity contribution >= 4 is 12.1 Å². The first-order valence-corrected chi connectivity index (χ1v) is 5.83. The molecule has 1 amide bonds. The molecule has 1 aromatic carbocycles. The highest BCUT2D eigenvalue weighted by Gasteiger charge is 2.41. The minimum Gasteiger partial charge on any atom is -0.422 e. The van der Waals surface area contributed by atoms with E-state index >= 15 is 0 Å². The molecule has 5 heteroatoms. The van der Waals surface area contributed by atoms with Crippen molar-refractivity contribution in [3.05, 3.63) is 48.0 Å². The fourth-order valence-electron chi connectivity index (χ4n) is 1.91. The van der Waals surface area contributed by atoms with E-state index in [2.05, 4.69) is 6.58 Å². The molecular formula is C14H15NO4. The van der Waals surface area contributed by atoms with E-state index < -0.39 is 18.4 Å². The molecule has 0 unspecified atom stereocenters. The lowest BCUT2D eigenvalue weighted by molar-refractivity contribution is -0.125. The third-order valence-electron chi connectivity index (χ3n) is 2.87. The van der Waals surface area contributed by atoms with Gasteiger partial charge in [0.2, 0.25) is 0 Å². The van der Waals surface area contributed by atoms with Crippen LogP contribution in [0.2, 0.25) is 0 Å². The fraction of sp³-hybridized carbons (Fsp3) is 0.286. The Bertz CT molecular complexity index is 509. The van der Waals surface area contributed by atoms with Crippen LogP contribution in [0.5, 0.6) is 0 Å². The highest BCUT2D eigenvalue weighted by Crippen LogP contribution is 2.34. The van der Waals surface area contributed by atoms with Crippen LogP contribution < -0.4 is 0 Å². The molecule has 1 heterocycles. The number of ether oxygens (including phenoxy) is 2. The maximum atomic E-state index is 11.9. The zero-order chi connectivity index (χ0) is 14.0. The van der Waals surface area contributed by atoms with Crippen molar-refractivity contribution in [2.75, 3.05) is 14.1 Å². The second-order valence-corrected chi connectivity index (χ2v) is 4.46. The number of carbonyl (C=O) groups excluding carboxylic acids is 2. The van der Waals surface area contributed by atoms with Crippen molar-refractivity contribution in [3.63, 3.8) is 0 Å². The molecule has 1 fully saturated rings. The van der Waals surface area contributed by atoms with Gasteiger partial charge in [-0.25, -0.2) is 4.79 Å². The molecule has 1 aromatic rings. The van der Waals surface area contributed by atoms with Gasteiger partial charge in [-0.05, 0) is 5.56 Å². The van der Waals surface area contributed by atoms with Crippen LogP contribution in [-0.4, -0.2) is 37.2 Å². The summed E-state index contributed by atoms with van der Waals surface area (Å²) in [6, 6.07) is 9.14. The molecule has 0 saturated carbocycles. The zero-order valence-corrected chi connectivity index (χ0v) is 10.8. The van der Waals surface area contributed by atoms with Crippen LogP contribution >= 0.6 is 0 Å². The largest absolute Gasteiger partial charge is 0.509 e. The molecular weight excluding hydrogens is 246 g/mol. The van der Waals surface area contributed by atoms with Gasteiger partial charge in [0.25, 0.3) is 5.91 Å². The summed E-state index contributed by atoms with van der Waals surface area (Å²) in [4.78, 5) is 24.6. The van der Waals surface area contributed by atoms with E-state index in [4.69, 9.17) is 9.47 Å². The lowest BCUT2D eigenvalue weighted by atomic mass is 9.99. The number of hydrogen-bond acceptors (Lipinski definition) is 4.